The van der Waals surface area contributed by atoms with Crippen LogP contribution >= 0.6 is 0 Å². The summed E-state index contributed by atoms with van der Waals surface area (Å²) in [4.78, 5) is 10.9. The predicted octanol–water partition coefficient (Wildman–Crippen LogP) is 3.36. The first kappa shape index (κ1) is 14.6. The first-order chi connectivity index (χ1) is 10.1. The van der Waals surface area contributed by atoms with E-state index < -0.39 is 11.9 Å². The van der Waals surface area contributed by atoms with Crippen LogP contribution in [0, 0.1) is 11.3 Å². The molecule has 4 heteroatoms. The quantitative estimate of drug-likeness (QED) is 0.880. The van der Waals surface area contributed by atoms with E-state index in [9.17, 15) is 4.79 Å². The Labute approximate surface area is 123 Å². The molecule has 0 saturated heterocycles. The number of nitrogens with zero attached hydrogens (tertiary/aromatic N) is 1. The van der Waals surface area contributed by atoms with E-state index in [-0.39, 0.29) is 0 Å². The van der Waals surface area contributed by atoms with E-state index in [1.807, 2.05) is 42.5 Å². The smallest absolute Gasteiger partial charge is 0.310 e. The first-order valence-corrected chi connectivity index (χ1v) is 6.66. The van der Waals surface area contributed by atoms with Gasteiger partial charge >= 0.3 is 5.97 Å². The number of carboxylic acids is 1. The molecule has 0 aliphatic carbocycles. The van der Waals surface area contributed by atoms with Gasteiger partial charge in [-0.25, -0.2) is 0 Å². The van der Waals surface area contributed by atoms with Crippen molar-refractivity contribution in [2.45, 2.75) is 19.4 Å². The number of hydrogen-bond acceptors (Lipinski definition) is 3. The van der Waals surface area contributed by atoms with E-state index in [0.717, 1.165) is 16.8 Å². The highest BCUT2D eigenvalue weighted by Gasteiger charge is 2.12. The molecule has 0 fully saturated rings. The van der Waals surface area contributed by atoms with Gasteiger partial charge in [0.05, 0.1) is 17.2 Å². The van der Waals surface area contributed by atoms with Gasteiger partial charge in [-0.3, -0.25) is 4.79 Å². The van der Waals surface area contributed by atoms with Crippen LogP contribution in [0.4, 0.5) is 5.69 Å². The van der Waals surface area contributed by atoms with Crippen LogP contribution in [0.15, 0.2) is 48.5 Å². The highest BCUT2D eigenvalue weighted by Crippen LogP contribution is 2.18. The summed E-state index contributed by atoms with van der Waals surface area (Å²) >= 11 is 0. The molecule has 2 rings (SSSR count). The van der Waals surface area contributed by atoms with Crippen molar-refractivity contribution in [2.24, 2.45) is 0 Å². The Kier molecular flexibility index (Phi) is 4.57. The van der Waals surface area contributed by atoms with Gasteiger partial charge in [-0.05, 0) is 30.2 Å². The van der Waals surface area contributed by atoms with Crippen molar-refractivity contribution in [1.82, 2.24) is 0 Å². The van der Waals surface area contributed by atoms with Crippen LogP contribution < -0.4 is 5.32 Å². The molecule has 2 aromatic carbocycles. The summed E-state index contributed by atoms with van der Waals surface area (Å²) in [6.07, 6.45) is 0. The van der Waals surface area contributed by atoms with E-state index in [4.69, 9.17) is 10.4 Å². The lowest BCUT2D eigenvalue weighted by Gasteiger charge is -2.10. The Morgan fingerprint density at radius 3 is 2.52 bits per heavy atom. The van der Waals surface area contributed by atoms with Crippen LogP contribution in [0.1, 0.15) is 29.5 Å². The Balaban J connectivity index is 2.04. The number of para-hydroxylation sites is 1. The second-order valence-corrected chi connectivity index (χ2v) is 4.81. The zero-order valence-electron chi connectivity index (χ0n) is 11.7. The fraction of sp³-hybridized carbons (Fsp3) is 0.176. The van der Waals surface area contributed by atoms with Crippen molar-refractivity contribution >= 4 is 11.7 Å². The number of nitrogens with one attached hydrogen (secondary N) is 1. The predicted molar refractivity (Wildman–Crippen MR) is 81.0 cm³/mol. The lowest BCUT2D eigenvalue weighted by molar-refractivity contribution is -0.138. The third kappa shape index (κ3) is 3.61. The van der Waals surface area contributed by atoms with Gasteiger partial charge in [-0.15, -0.1) is 0 Å². The SMILES string of the molecule is CC(C(=O)O)c1ccc(CNc2ccccc2C#N)cc1. The standard InChI is InChI=1S/C17H16N2O2/c1-12(17(20)21)14-8-6-13(7-9-14)11-19-16-5-3-2-4-15(16)10-18/h2-9,12,19H,11H2,1H3,(H,20,21). The normalized spacial score (nSPS) is 11.4. The van der Waals surface area contributed by atoms with Gasteiger partial charge in [0.2, 0.25) is 0 Å². The number of anilines is 1. The molecular weight excluding hydrogens is 264 g/mol. The van der Waals surface area contributed by atoms with Crippen LogP contribution in [-0.4, -0.2) is 11.1 Å². The average molecular weight is 280 g/mol. The number of carbonyl (C=O) groups is 1. The van der Waals surface area contributed by atoms with Crippen LogP contribution in [-0.2, 0) is 11.3 Å². The number of rotatable bonds is 5. The minimum Gasteiger partial charge on any atom is -0.481 e. The molecule has 0 aliphatic rings. The average Bonchev–Trinajstić information content (AvgIpc) is 2.52. The third-order valence-corrected chi connectivity index (χ3v) is 3.38. The van der Waals surface area contributed by atoms with Crippen molar-refractivity contribution in [3.05, 3.63) is 65.2 Å². The molecule has 1 atom stereocenters. The van der Waals surface area contributed by atoms with E-state index in [1.54, 1.807) is 13.0 Å². The van der Waals surface area contributed by atoms with Crippen molar-refractivity contribution in [3.8, 4) is 6.07 Å². The molecule has 0 spiro atoms. The van der Waals surface area contributed by atoms with Gasteiger partial charge in [-0.1, -0.05) is 36.4 Å². The fourth-order valence-corrected chi connectivity index (χ4v) is 2.00. The molecule has 0 bridgehead atoms. The molecule has 0 saturated carbocycles. The molecule has 0 aliphatic heterocycles. The van der Waals surface area contributed by atoms with Crippen LogP contribution in [0.5, 0.6) is 0 Å². The topological polar surface area (TPSA) is 73.1 Å². The van der Waals surface area contributed by atoms with E-state index >= 15 is 0 Å². The number of hydrogen-bond donors (Lipinski definition) is 2. The molecule has 1 unspecified atom stereocenters. The molecule has 4 nitrogen and oxygen atoms in total. The zero-order valence-corrected chi connectivity index (χ0v) is 11.7. The van der Waals surface area contributed by atoms with Crippen LogP contribution in [0.3, 0.4) is 0 Å². The second kappa shape index (κ2) is 6.58. The summed E-state index contributed by atoms with van der Waals surface area (Å²) in [6.45, 7) is 2.25. The molecule has 2 aromatic rings. The lowest BCUT2D eigenvalue weighted by atomic mass is 10.00. The lowest BCUT2D eigenvalue weighted by Crippen LogP contribution is -2.07. The van der Waals surface area contributed by atoms with Crippen molar-refractivity contribution in [1.29, 1.82) is 5.26 Å². The first-order valence-electron chi connectivity index (χ1n) is 6.66. The van der Waals surface area contributed by atoms with Crippen molar-refractivity contribution in [3.63, 3.8) is 0 Å². The highest BCUT2D eigenvalue weighted by molar-refractivity contribution is 5.75. The maximum atomic E-state index is 10.9. The fourth-order valence-electron chi connectivity index (χ4n) is 2.00. The molecule has 21 heavy (non-hydrogen) atoms. The Bertz CT molecular complexity index is 672. The molecule has 106 valence electrons. The van der Waals surface area contributed by atoms with Gasteiger partial charge in [-0.2, -0.15) is 5.26 Å². The largest absolute Gasteiger partial charge is 0.481 e. The molecule has 0 radical (unpaired) electrons. The molecule has 0 aromatic heterocycles. The molecule has 0 amide bonds. The van der Waals surface area contributed by atoms with Crippen molar-refractivity contribution < 1.29 is 9.90 Å². The molecule has 2 N–H and O–H groups in total. The van der Waals surface area contributed by atoms with Crippen LogP contribution in [0.25, 0.3) is 0 Å². The minimum atomic E-state index is -0.830. The van der Waals surface area contributed by atoms with Gasteiger partial charge in [0.1, 0.15) is 6.07 Å². The van der Waals surface area contributed by atoms with Crippen LogP contribution in [0.2, 0.25) is 0 Å². The van der Waals surface area contributed by atoms with E-state index in [1.165, 1.54) is 0 Å². The second-order valence-electron chi connectivity index (χ2n) is 4.81. The van der Waals surface area contributed by atoms with Crippen molar-refractivity contribution in [2.75, 3.05) is 5.32 Å². The number of aliphatic carboxylic acids is 1. The summed E-state index contributed by atoms with van der Waals surface area (Å²) in [5.74, 6) is -1.34. The summed E-state index contributed by atoms with van der Waals surface area (Å²) in [5, 5.41) is 21.2. The van der Waals surface area contributed by atoms with Gasteiger partial charge in [0.25, 0.3) is 0 Å². The number of benzene rings is 2. The zero-order chi connectivity index (χ0) is 15.2. The maximum absolute atomic E-state index is 10.9. The van der Waals surface area contributed by atoms with Gasteiger partial charge in [0, 0.05) is 6.54 Å². The minimum absolute atomic E-state index is 0.508. The number of nitriles is 1. The summed E-state index contributed by atoms with van der Waals surface area (Å²) in [5.41, 5.74) is 3.21. The van der Waals surface area contributed by atoms with Gasteiger partial charge < -0.3 is 10.4 Å². The third-order valence-electron chi connectivity index (χ3n) is 3.38. The maximum Gasteiger partial charge on any atom is 0.310 e. The highest BCUT2D eigenvalue weighted by atomic mass is 16.4. The summed E-state index contributed by atoms with van der Waals surface area (Å²) in [7, 11) is 0. The Morgan fingerprint density at radius 2 is 1.90 bits per heavy atom. The molecule has 0 heterocycles. The Hall–Kier alpha value is -2.80. The van der Waals surface area contributed by atoms with E-state index in [0.29, 0.717) is 12.1 Å². The van der Waals surface area contributed by atoms with E-state index in [2.05, 4.69) is 11.4 Å². The van der Waals surface area contributed by atoms with Gasteiger partial charge in [0.15, 0.2) is 0 Å². The summed E-state index contributed by atoms with van der Waals surface area (Å²) in [6, 6.07) is 16.9. The monoisotopic (exact) mass is 280 g/mol. The summed E-state index contributed by atoms with van der Waals surface area (Å²) < 4.78 is 0. The Morgan fingerprint density at radius 1 is 1.24 bits per heavy atom. The number of carboxylic acid groups (broad SMARTS) is 1. The molecular formula is C17H16N2O2.